The molecule has 2 rings (SSSR count). The molecule has 324 valence electrons. The average Bonchev–Trinajstić information content (AvgIpc) is 3.19. The average molecular weight is 825 g/mol. The van der Waals surface area contributed by atoms with Gasteiger partial charge in [-0.25, -0.2) is 9.59 Å². The fraction of sp³-hybridized carbons (Fsp3) is 0.512. The highest BCUT2D eigenvalue weighted by Crippen LogP contribution is 2.19. The van der Waals surface area contributed by atoms with Crippen molar-refractivity contribution in [2.24, 2.45) is 34.2 Å². The number of carbonyl (C=O) groups is 7. The predicted molar refractivity (Wildman–Crippen MR) is 220 cm³/mol. The molecular weight excluding hydrogens is 764 g/mol. The number of aliphatic carboxylic acids is 2. The highest BCUT2D eigenvalue weighted by atomic mass is 16.5. The van der Waals surface area contributed by atoms with Crippen molar-refractivity contribution in [3.63, 3.8) is 0 Å². The number of carboxylic acid groups (broad SMARTS) is 2. The van der Waals surface area contributed by atoms with E-state index in [1.165, 1.54) is 33.9 Å². The van der Waals surface area contributed by atoms with Gasteiger partial charge in [0.25, 0.3) is 5.91 Å². The standard InChI is InChI=1S/C41H60N8O10/c1-8-31-38(54)48-34(40(57)58)26(5)36(52)46-29(15-12-20-44-41(42)43)37(53)45-28(25(4)35(51)47-30(39(55)56)18-19-33(50)49(31)6)17-16-23(2)21-24(3)32(59-7)22-27-13-10-9-11-14-27/h8-11,13-14,16-17,21,24-26,28-30,32,34H,12,15,18-20,22H2,1-7H3,(H,45,53)(H,46,52)(H,47,51)(H,48,54)(H,55,56)(H,57,58)(H4,42,43,44)/b17-16+,23-21+,31-8-/t24-,25-,26-,28?,29?,30+,32+,34?/m0/s1. The Hall–Kier alpha value is -6.04. The lowest BCUT2D eigenvalue weighted by atomic mass is 9.94. The normalized spacial score (nSPS) is 25.1. The minimum absolute atomic E-state index is 0.0326. The number of aliphatic imine (C=N–C) groups is 1. The molecule has 1 fully saturated rings. The van der Waals surface area contributed by atoms with Crippen molar-refractivity contribution in [2.75, 3.05) is 20.7 Å². The summed E-state index contributed by atoms with van der Waals surface area (Å²) in [4.78, 5) is 97.5. The highest BCUT2D eigenvalue weighted by molar-refractivity contribution is 6.00. The summed E-state index contributed by atoms with van der Waals surface area (Å²) in [5, 5.41) is 30.2. The summed E-state index contributed by atoms with van der Waals surface area (Å²) >= 11 is 0. The number of hydrogen-bond donors (Lipinski definition) is 8. The van der Waals surface area contributed by atoms with E-state index in [2.05, 4.69) is 26.3 Å². The summed E-state index contributed by atoms with van der Waals surface area (Å²) in [6.07, 6.45) is 6.35. The molecule has 1 aromatic carbocycles. The minimum Gasteiger partial charge on any atom is -0.480 e. The van der Waals surface area contributed by atoms with Crippen molar-refractivity contribution in [3.05, 3.63) is 71.5 Å². The van der Waals surface area contributed by atoms with Crippen LogP contribution in [-0.2, 0) is 44.7 Å². The lowest BCUT2D eigenvalue weighted by Crippen LogP contribution is -2.56. The molecule has 1 aromatic rings. The molecule has 1 aliphatic rings. The number of likely N-dealkylation sites (N-methyl/N-ethyl adjacent to an activating group) is 1. The maximum atomic E-state index is 14.1. The van der Waals surface area contributed by atoms with Crippen LogP contribution < -0.4 is 32.7 Å². The quantitative estimate of drug-likeness (QED) is 0.0454. The van der Waals surface area contributed by atoms with Crippen molar-refractivity contribution in [1.29, 1.82) is 0 Å². The first kappa shape index (κ1) is 49.1. The molecule has 0 saturated carbocycles. The Bertz CT molecular complexity index is 1780. The SMILES string of the molecule is C/C=C1/C(=O)NC(C(=O)O)[C@H](C)C(=O)NC(CCCN=C(N)N)C(=O)NC(/C=C/C(C)=C/[C@H](C)[C@@H](Cc2ccccc2)OC)[C@H](C)C(=O)N[C@@H](C(=O)O)CCC(=O)N1C. The van der Waals surface area contributed by atoms with Crippen LogP contribution in [0.4, 0.5) is 0 Å². The molecule has 0 radical (unpaired) electrons. The Morgan fingerprint density at radius 3 is 2.19 bits per heavy atom. The van der Waals surface area contributed by atoms with Crippen molar-refractivity contribution in [1.82, 2.24) is 26.2 Å². The Morgan fingerprint density at radius 2 is 1.61 bits per heavy atom. The maximum absolute atomic E-state index is 14.1. The van der Waals surface area contributed by atoms with Gasteiger partial charge in [-0.05, 0) is 45.1 Å². The summed E-state index contributed by atoms with van der Waals surface area (Å²) in [5.41, 5.74) is 12.5. The number of benzene rings is 1. The largest absolute Gasteiger partial charge is 0.480 e. The van der Waals surface area contributed by atoms with Crippen LogP contribution in [0.1, 0.15) is 65.9 Å². The van der Waals surface area contributed by atoms with Gasteiger partial charge < -0.3 is 52.6 Å². The zero-order valence-electron chi connectivity index (χ0n) is 34.8. The van der Waals surface area contributed by atoms with Crippen LogP contribution in [0, 0.1) is 17.8 Å². The van der Waals surface area contributed by atoms with Crippen LogP contribution in [-0.4, -0.2) is 114 Å². The second-order valence-electron chi connectivity index (χ2n) is 14.6. The fourth-order valence-corrected chi connectivity index (χ4v) is 6.38. The molecule has 3 unspecified atom stereocenters. The molecule has 0 spiro atoms. The van der Waals surface area contributed by atoms with Gasteiger partial charge in [-0.1, -0.05) is 81.0 Å². The van der Waals surface area contributed by atoms with Crippen LogP contribution in [0.15, 0.2) is 70.9 Å². The zero-order valence-corrected chi connectivity index (χ0v) is 34.8. The number of amides is 5. The van der Waals surface area contributed by atoms with E-state index in [4.69, 9.17) is 16.2 Å². The monoisotopic (exact) mass is 824 g/mol. The van der Waals surface area contributed by atoms with Crippen LogP contribution >= 0.6 is 0 Å². The van der Waals surface area contributed by atoms with Crippen LogP contribution in [0.25, 0.3) is 0 Å². The van der Waals surface area contributed by atoms with Gasteiger partial charge in [0.2, 0.25) is 23.6 Å². The van der Waals surface area contributed by atoms with Gasteiger partial charge in [-0.3, -0.25) is 29.0 Å². The molecule has 8 atom stereocenters. The number of carbonyl (C=O) groups excluding carboxylic acids is 5. The molecule has 18 nitrogen and oxygen atoms in total. The maximum Gasteiger partial charge on any atom is 0.327 e. The number of methoxy groups -OCH3 is 1. The number of hydrogen-bond acceptors (Lipinski definition) is 9. The second kappa shape index (κ2) is 24.0. The van der Waals surface area contributed by atoms with E-state index in [0.29, 0.717) is 6.42 Å². The highest BCUT2D eigenvalue weighted by Gasteiger charge is 2.36. The second-order valence-corrected chi connectivity index (χ2v) is 14.6. The fourth-order valence-electron chi connectivity index (χ4n) is 6.38. The predicted octanol–water partition coefficient (Wildman–Crippen LogP) is 0.973. The van der Waals surface area contributed by atoms with E-state index in [9.17, 15) is 43.8 Å². The lowest BCUT2D eigenvalue weighted by Gasteiger charge is -2.28. The van der Waals surface area contributed by atoms with Crippen molar-refractivity contribution in [2.45, 2.75) is 97.0 Å². The van der Waals surface area contributed by atoms with Crippen molar-refractivity contribution >= 4 is 47.4 Å². The molecule has 5 amide bonds. The molecule has 59 heavy (non-hydrogen) atoms. The number of allylic oxidation sites excluding steroid dienone is 3. The molecule has 0 aromatic heterocycles. The lowest BCUT2D eigenvalue weighted by molar-refractivity contribution is -0.146. The molecule has 10 N–H and O–H groups in total. The molecule has 1 aliphatic heterocycles. The molecule has 0 aliphatic carbocycles. The van der Waals surface area contributed by atoms with Crippen LogP contribution in [0.2, 0.25) is 0 Å². The van der Waals surface area contributed by atoms with E-state index in [1.54, 1.807) is 19.3 Å². The molecule has 1 heterocycles. The minimum atomic E-state index is -1.80. The topological polar surface area (TPSA) is 285 Å². The summed E-state index contributed by atoms with van der Waals surface area (Å²) in [6, 6.07) is 4.12. The Morgan fingerprint density at radius 1 is 0.966 bits per heavy atom. The summed E-state index contributed by atoms with van der Waals surface area (Å²) in [5.74, 6) is -9.91. The van der Waals surface area contributed by atoms with Crippen LogP contribution in [0.3, 0.4) is 0 Å². The Balaban J connectivity index is 2.63. The molecule has 18 heteroatoms. The van der Waals surface area contributed by atoms with Gasteiger partial charge in [0.15, 0.2) is 5.96 Å². The van der Waals surface area contributed by atoms with Gasteiger partial charge >= 0.3 is 11.9 Å². The van der Waals surface area contributed by atoms with Crippen molar-refractivity contribution < 1.29 is 48.5 Å². The molecule has 1 saturated heterocycles. The Labute approximate surface area is 344 Å². The third-order valence-corrected chi connectivity index (χ3v) is 10.1. The summed E-state index contributed by atoms with van der Waals surface area (Å²) in [7, 11) is 2.88. The van der Waals surface area contributed by atoms with E-state index in [1.807, 2.05) is 50.3 Å². The van der Waals surface area contributed by atoms with Gasteiger partial charge in [0.1, 0.15) is 23.8 Å². The van der Waals surface area contributed by atoms with E-state index in [0.717, 1.165) is 16.0 Å². The zero-order chi connectivity index (χ0) is 44.4. The third kappa shape index (κ3) is 15.7. The summed E-state index contributed by atoms with van der Waals surface area (Å²) < 4.78 is 5.79. The van der Waals surface area contributed by atoms with Gasteiger partial charge in [-0.2, -0.15) is 0 Å². The van der Waals surface area contributed by atoms with Gasteiger partial charge in [0.05, 0.1) is 24.0 Å². The number of carboxylic acids is 2. The van der Waals surface area contributed by atoms with Gasteiger partial charge in [-0.15, -0.1) is 0 Å². The first-order valence-corrected chi connectivity index (χ1v) is 19.4. The molecule has 0 bridgehead atoms. The van der Waals surface area contributed by atoms with Crippen LogP contribution in [0.5, 0.6) is 0 Å². The third-order valence-electron chi connectivity index (χ3n) is 10.1. The molecular formula is C41H60N8O10. The van der Waals surface area contributed by atoms with E-state index in [-0.39, 0.29) is 49.5 Å². The Kier molecular flexibility index (Phi) is 20.0. The van der Waals surface area contributed by atoms with E-state index >= 15 is 0 Å². The number of ether oxygens (including phenoxy) is 1. The first-order chi connectivity index (χ1) is 27.8. The number of nitrogens with one attached hydrogen (secondary N) is 4. The number of nitrogens with zero attached hydrogens (tertiary/aromatic N) is 2. The number of nitrogens with two attached hydrogens (primary N) is 2. The number of rotatable bonds is 13. The van der Waals surface area contributed by atoms with Gasteiger partial charge in [0, 0.05) is 33.0 Å². The summed E-state index contributed by atoms with van der Waals surface area (Å²) in [6.45, 7) is 8.07. The van der Waals surface area contributed by atoms with Crippen molar-refractivity contribution in [3.8, 4) is 0 Å². The van der Waals surface area contributed by atoms with E-state index < -0.39 is 83.9 Å². The smallest absolute Gasteiger partial charge is 0.327 e. The first-order valence-electron chi connectivity index (χ1n) is 19.4. The number of guanidine groups is 1.